The average Bonchev–Trinajstić information content (AvgIpc) is 3.51. The molecule has 0 radical (unpaired) electrons. The number of furan rings is 1. The van der Waals surface area contributed by atoms with E-state index in [0.717, 1.165) is 24.2 Å². The van der Waals surface area contributed by atoms with Crippen LogP contribution in [-0.4, -0.2) is 23.5 Å². The molecule has 0 bridgehead atoms. The number of carbonyl (C=O) groups is 3. The molecule has 1 heterocycles. The second kappa shape index (κ2) is 15.0. The maximum absolute atomic E-state index is 13.4. The Labute approximate surface area is 280 Å². The van der Waals surface area contributed by atoms with E-state index in [2.05, 4.69) is 54.5 Å². The van der Waals surface area contributed by atoms with Crippen LogP contribution in [0.3, 0.4) is 0 Å². The van der Waals surface area contributed by atoms with E-state index in [9.17, 15) is 14.4 Å². The number of carbonyl (C=O) groups excluding carboxylic acids is 3. The molecule has 0 aliphatic carbocycles. The van der Waals surface area contributed by atoms with Crippen LogP contribution in [0.1, 0.15) is 16.1 Å². The van der Waals surface area contributed by atoms with Crippen molar-refractivity contribution in [2.24, 2.45) is 0 Å². The summed E-state index contributed by atoms with van der Waals surface area (Å²) in [4.78, 5) is 39.6. The molecule has 3 N–H and O–H groups in total. The lowest BCUT2D eigenvalue weighted by Gasteiger charge is -2.11. The zero-order valence-electron chi connectivity index (χ0n) is 23.1. The third kappa shape index (κ3) is 8.94. The molecule has 220 valence electrons. The molecule has 0 fully saturated rings. The summed E-state index contributed by atoms with van der Waals surface area (Å²) in [6.07, 6.45) is 1.50. The summed E-state index contributed by atoms with van der Waals surface area (Å²) in [5, 5.41) is 8.43. The Morgan fingerprint density at radius 3 is 2.14 bits per heavy atom. The van der Waals surface area contributed by atoms with Crippen LogP contribution in [0.25, 0.3) is 17.4 Å². The zero-order valence-corrected chi connectivity index (χ0v) is 27.6. The lowest BCUT2D eigenvalue weighted by atomic mass is 10.2. The van der Waals surface area contributed by atoms with Gasteiger partial charge in [0, 0.05) is 41.5 Å². The van der Waals surface area contributed by atoms with E-state index in [1.54, 1.807) is 48.5 Å². The molecule has 5 aromatic rings. The van der Waals surface area contributed by atoms with Gasteiger partial charge >= 0.3 is 0 Å². The summed E-state index contributed by atoms with van der Waals surface area (Å²) in [6.45, 7) is 0. The Bertz CT molecular complexity index is 1790. The molecule has 0 spiro atoms. The van der Waals surface area contributed by atoms with Crippen molar-refractivity contribution < 1.29 is 18.8 Å². The molecule has 0 aliphatic rings. The first-order valence-corrected chi connectivity index (χ1v) is 16.2. The van der Waals surface area contributed by atoms with E-state index in [4.69, 9.17) is 4.42 Å². The summed E-state index contributed by atoms with van der Waals surface area (Å²) < 4.78 is 8.02. The van der Waals surface area contributed by atoms with Gasteiger partial charge in [-0.15, -0.1) is 11.8 Å². The van der Waals surface area contributed by atoms with Gasteiger partial charge in [-0.05, 0) is 108 Å². The second-order valence-electron chi connectivity index (χ2n) is 9.41. The molecule has 1 aromatic heterocycles. The van der Waals surface area contributed by atoms with Crippen molar-refractivity contribution in [1.29, 1.82) is 0 Å². The van der Waals surface area contributed by atoms with E-state index >= 15 is 0 Å². The minimum absolute atomic E-state index is 0.0151. The molecule has 44 heavy (non-hydrogen) atoms. The number of hydrogen-bond donors (Lipinski definition) is 3. The molecule has 0 unspecified atom stereocenters. The predicted octanol–water partition coefficient (Wildman–Crippen LogP) is 8.45. The molecule has 0 aliphatic heterocycles. The standard InChI is InChI=1S/C34H25BrIN3O4S/c35-24-8-6-22(7-9-24)31-19-16-28(43-31)20-30(39-33(41)23-4-2-1-3-5-23)34(42)38-27-14-17-29(18-15-27)44-21-32(40)37-26-12-10-25(36)11-13-26/h1-20H,21H2,(H,37,40)(H,38,42)(H,39,41). The van der Waals surface area contributed by atoms with Gasteiger partial charge in [0.15, 0.2) is 0 Å². The fourth-order valence-corrected chi connectivity index (χ4v) is 5.32. The topological polar surface area (TPSA) is 100 Å². The normalized spacial score (nSPS) is 11.1. The number of amides is 3. The minimum Gasteiger partial charge on any atom is -0.457 e. The first kappa shape index (κ1) is 31.3. The SMILES string of the molecule is O=C(CSc1ccc(NC(=O)C(=Cc2ccc(-c3ccc(Br)cc3)o2)NC(=O)c2ccccc2)cc1)Nc1ccc(I)cc1. The van der Waals surface area contributed by atoms with Gasteiger partial charge in [-0.2, -0.15) is 0 Å². The highest BCUT2D eigenvalue weighted by molar-refractivity contribution is 14.1. The van der Waals surface area contributed by atoms with E-state index in [1.165, 1.54) is 17.8 Å². The molecule has 3 amide bonds. The molecule has 4 aromatic carbocycles. The van der Waals surface area contributed by atoms with Gasteiger partial charge in [0.2, 0.25) is 5.91 Å². The quantitative estimate of drug-likeness (QED) is 0.0751. The van der Waals surface area contributed by atoms with Gasteiger partial charge in [-0.25, -0.2) is 0 Å². The van der Waals surface area contributed by atoms with Crippen LogP contribution in [-0.2, 0) is 9.59 Å². The Morgan fingerprint density at radius 1 is 0.773 bits per heavy atom. The fourth-order valence-electron chi connectivity index (χ4n) is 4.00. The molecular weight excluding hydrogens is 753 g/mol. The molecule has 0 saturated heterocycles. The van der Waals surface area contributed by atoms with E-state index in [1.807, 2.05) is 66.7 Å². The number of thioether (sulfide) groups is 1. The maximum atomic E-state index is 13.4. The van der Waals surface area contributed by atoms with Crippen molar-refractivity contribution in [3.63, 3.8) is 0 Å². The van der Waals surface area contributed by atoms with Gasteiger partial charge in [0.1, 0.15) is 17.2 Å². The summed E-state index contributed by atoms with van der Waals surface area (Å²) in [7, 11) is 0. The van der Waals surface area contributed by atoms with Crippen molar-refractivity contribution in [2.75, 3.05) is 16.4 Å². The van der Waals surface area contributed by atoms with Crippen molar-refractivity contribution in [1.82, 2.24) is 5.32 Å². The highest BCUT2D eigenvalue weighted by atomic mass is 127. The van der Waals surface area contributed by atoms with Crippen molar-refractivity contribution >= 4 is 85.5 Å². The zero-order chi connectivity index (χ0) is 30.9. The van der Waals surface area contributed by atoms with Crippen LogP contribution in [0.5, 0.6) is 0 Å². The Hall–Kier alpha value is -4.13. The van der Waals surface area contributed by atoms with Gasteiger partial charge in [-0.1, -0.05) is 46.3 Å². The number of rotatable bonds is 10. The maximum Gasteiger partial charge on any atom is 0.272 e. The molecule has 7 nitrogen and oxygen atoms in total. The van der Waals surface area contributed by atoms with Gasteiger partial charge < -0.3 is 20.4 Å². The van der Waals surface area contributed by atoms with Crippen molar-refractivity contribution in [2.45, 2.75) is 4.90 Å². The average molecular weight is 778 g/mol. The number of hydrogen-bond acceptors (Lipinski definition) is 5. The monoisotopic (exact) mass is 777 g/mol. The smallest absolute Gasteiger partial charge is 0.272 e. The van der Waals surface area contributed by atoms with Gasteiger partial charge in [-0.3, -0.25) is 14.4 Å². The second-order valence-corrected chi connectivity index (χ2v) is 12.6. The Kier molecular flexibility index (Phi) is 10.7. The molecule has 0 saturated carbocycles. The highest BCUT2D eigenvalue weighted by Crippen LogP contribution is 2.26. The van der Waals surface area contributed by atoms with Crippen LogP contribution in [0.4, 0.5) is 11.4 Å². The third-order valence-corrected chi connectivity index (χ3v) is 8.44. The minimum atomic E-state index is -0.520. The molecule has 0 atom stereocenters. The van der Waals surface area contributed by atoms with Crippen molar-refractivity contribution in [3.05, 3.63) is 140 Å². The van der Waals surface area contributed by atoms with Crippen LogP contribution >= 0.6 is 50.3 Å². The Morgan fingerprint density at radius 2 is 1.43 bits per heavy atom. The number of benzene rings is 4. The van der Waals surface area contributed by atoms with E-state index in [-0.39, 0.29) is 17.4 Å². The third-order valence-electron chi connectivity index (χ3n) is 6.18. The van der Waals surface area contributed by atoms with Crippen LogP contribution in [0, 0.1) is 3.57 Å². The van der Waals surface area contributed by atoms with Crippen LogP contribution in [0.15, 0.2) is 135 Å². The first-order chi connectivity index (χ1) is 21.3. The van der Waals surface area contributed by atoms with E-state index < -0.39 is 11.8 Å². The summed E-state index contributed by atoms with van der Waals surface area (Å²) >= 11 is 7.03. The molecular formula is C34H25BrIN3O4S. The summed E-state index contributed by atoms with van der Waals surface area (Å²) in [5.74, 6) is 0.199. The van der Waals surface area contributed by atoms with Crippen LogP contribution < -0.4 is 16.0 Å². The summed E-state index contributed by atoms with van der Waals surface area (Å²) in [6, 6.07) is 34.6. The molecule has 5 rings (SSSR count). The summed E-state index contributed by atoms with van der Waals surface area (Å²) in [5.41, 5.74) is 2.57. The lowest BCUT2D eigenvalue weighted by molar-refractivity contribution is -0.114. The lowest BCUT2D eigenvalue weighted by Crippen LogP contribution is -2.30. The largest absolute Gasteiger partial charge is 0.457 e. The number of nitrogens with one attached hydrogen (secondary N) is 3. The number of halogens is 2. The van der Waals surface area contributed by atoms with Crippen LogP contribution in [0.2, 0.25) is 0 Å². The fraction of sp³-hybridized carbons (Fsp3) is 0.0294. The van der Waals surface area contributed by atoms with Crippen molar-refractivity contribution in [3.8, 4) is 11.3 Å². The van der Waals surface area contributed by atoms with E-state index in [0.29, 0.717) is 22.8 Å². The van der Waals surface area contributed by atoms with Gasteiger partial charge in [0.25, 0.3) is 11.8 Å². The van der Waals surface area contributed by atoms with Gasteiger partial charge in [0.05, 0.1) is 5.75 Å². The predicted molar refractivity (Wildman–Crippen MR) is 187 cm³/mol. The highest BCUT2D eigenvalue weighted by Gasteiger charge is 2.16. The first-order valence-electron chi connectivity index (χ1n) is 13.4. The number of anilines is 2. The molecule has 10 heteroatoms. The Balaban J connectivity index is 1.26.